The van der Waals surface area contributed by atoms with E-state index in [9.17, 15) is 9.18 Å². The number of halogens is 2. The van der Waals surface area contributed by atoms with Crippen LogP contribution in [-0.4, -0.2) is 20.8 Å². The SMILES string of the molecule is Cc1nn(C)cc1N1C(=O)/C(=C\c2ccc(COc3ccc(F)c(Cl)c3)o2)NC1=S. The highest BCUT2D eigenvalue weighted by Crippen LogP contribution is 2.26. The second-order valence-corrected chi connectivity index (χ2v) is 7.36. The van der Waals surface area contributed by atoms with E-state index in [1.54, 1.807) is 43.1 Å². The van der Waals surface area contributed by atoms with E-state index in [0.29, 0.717) is 28.7 Å². The van der Waals surface area contributed by atoms with Crippen molar-refractivity contribution in [2.45, 2.75) is 13.5 Å². The van der Waals surface area contributed by atoms with Gasteiger partial charge < -0.3 is 14.5 Å². The molecular formula is C20H16ClFN4O3S. The van der Waals surface area contributed by atoms with E-state index in [0.717, 1.165) is 0 Å². The molecule has 0 spiro atoms. The van der Waals surface area contributed by atoms with E-state index in [4.69, 9.17) is 33.0 Å². The van der Waals surface area contributed by atoms with Crippen molar-refractivity contribution in [3.63, 3.8) is 0 Å². The van der Waals surface area contributed by atoms with Crippen molar-refractivity contribution in [1.29, 1.82) is 0 Å². The Labute approximate surface area is 181 Å². The lowest BCUT2D eigenvalue weighted by Crippen LogP contribution is -2.30. The van der Waals surface area contributed by atoms with Gasteiger partial charge in [-0.1, -0.05) is 11.6 Å². The van der Waals surface area contributed by atoms with Gasteiger partial charge >= 0.3 is 0 Å². The Morgan fingerprint density at radius 3 is 2.87 bits per heavy atom. The highest BCUT2D eigenvalue weighted by atomic mass is 35.5. The van der Waals surface area contributed by atoms with Gasteiger partial charge in [0.15, 0.2) is 5.11 Å². The number of hydrogen-bond donors (Lipinski definition) is 1. The number of benzene rings is 1. The molecule has 4 rings (SSSR count). The molecule has 0 saturated carbocycles. The average molecular weight is 447 g/mol. The minimum absolute atomic E-state index is 0.0208. The van der Waals surface area contributed by atoms with Gasteiger partial charge in [0.25, 0.3) is 5.91 Å². The second kappa shape index (κ2) is 7.92. The van der Waals surface area contributed by atoms with Gasteiger partial charge in [-0.25, -0.2) is 9.29 Å². The summed E-state index contributed by atoms with van der Waals surface area (Å²) in [5.41, 5.74) is 1.60. The van der Waals surface area contributed by atoms with Crippen LogP contribution in [0.3, 0.4) is 0 Å². The molecule has 1 N–H and O–H groups in total. The van der Waals surface area contributed by atoms with Crippen molar-refractivity contribution >= 4 is 46.6 Å². The molecule has 3 aromatic rings. The van der Waals surface area contributed by atoms with Crippen LogP contribution in [-0.2, 0) is 18.4 Å². The van der Waals surface area contributed by atoms with Gasteiger partial charge in [0.1, 0.15) is 35.4 Å². The summed E-state index contributed by atoms with van der Waals surface area (Å²) in [5.74, 6) is 0.576. The van der Waals surface area contributed by atoms with E-state index < -0.39 is 5.82 Å². The quantitative estimate of drug-likeness (QED) is 0.472. The Hall–Kier alpha value is -3.17. The first-order chi connectivity index (χ1) is 14.3. The van der Waals surface area contributed by atoms with Crippen molar-refractivity contribution in [2.75, 3.05) is 4.90 Å². The van der Waals surface area contributed by atoms with Crippen LogP contribution >= 0.6 is 23.8 Å². The Kier molecular flexibility index (Phi) is 5.31. The van der Waals surface area contributed by atoms with Crippen LogP contribution in [0.15, 0.2) is 46.6 Å². The summed E-state index contributed by atoms with van der Waals surface area (Å²) in [6.07, 6.45) is 3.30. The third kappa shape index (κ3) is 3.94. The Bertz CT molecular complexity index is 1190. The summed E-state index contributed by atoms with van der Waals surface area (Å²) in [4.78, 5) is 14.2. The number of rotatable bonds is 5. The van der Waals surface area contributed by atoms with Crippen LogP contribution in [0.1, 0.15) is 17.2 Å². The molecule has 2 aromatic heterocycles. The second-order valence-electron chi connectivity index (χ2n) is 6.57. The molecule has 10 heteroatoms. The van der Waals surface area contributed by atoms with Crippen molar-refractivity contribution in [3.05, 3.63) is 70.3 Å². The molecule has 1 amide bonds. The molecule has 3 heterocycles. The van der Waals surface area contributed by atoms with Gasteiger partial charge in [-0.15, -0.1) is 0 Å². The summed E-state index contributed by atoms with van der Waals surface area (Å²) < 4.78 is 26.1. The standard InChI is InChI=1S/C20H16ClFN4O3S/c1-11-18(9-25(2)24-11)26-19(27)17(23-20(26)30)8-13-3-4-14(29-13)10-28-12-5-6-16(22)15(21)7-12/h3-9H,10H2,1-2H3,(H,23,30)/b17-8+. The lowest BCUT2D eigenvalue weighted by atomic mass is 10.3. The number of nitrogens with one attached hydrogen (secondary N) is 1. The smallest absolute Gasteiger partial charge is 0.281 e. The highest BCUT2D eigenvalue weighted by molar-refractivity contribution is 7.80. The topological polar surface area (TPSA) is 72.5 Å². The van der Waals surface area contributed by atoms with Crippen molar-refractivity contribution in [1.82, 2.24) is 15.1 Å². The number of furan rings is 1. The maximum absolute atomic E-state index is 13.2. The van der Waals surface area contributed by atoms with Gasteiger partial charge in [-0.2, -0.15) is 5.10 Å². The summed E-state index contributed by atoms with van der Waals surface area (Å²) in [6, 6.07) is 7.52. The molecule has 0 unspecified atom stereocenters. The molecule has 0 bridgehead atoms. The Morgan fingerprint density at radius 2 is 2.17 bits per heavy atom. The number of hydrogen-bond acceptors (Lipinski definition) is 5. The first kappa shape index (κ1) is 20.1. The van der Waals surface area contributed by atoms with Crippen LogP contribution in [0.5, 0.6) is 5.75 Å². The number of aryl methyl sites for hydroxylation is 2. The van der Waals surface area contributed by atoms with E-state index in [2.05, 4.69) is 10.4 Å². The molecule has 1 aliphatic rings. The summed E-state index contributed by atoms with van der Waals surface area (Å²) >= 11 is 11.1. The molecule has 154 valence electrons. The van der Waals surface area contributed by atoms with Crippen molar-refractivity contribution in [3.8, 4) is 5.75 Å². The predicted molar refractivity (Wildman–Crippen MR) is 114 cm³/mol. The summed E-state index contributed by atoms with van der Waals surface area (Å²) in [5, 5.41) is 7.40. The zero-order valence-electron chi connectivity index (χ0n) is 16.0. The lowest BCUT2D eigenvalue weighted by molar-refractivity contribution is -0.113. The number of ether oxygens (including phenoxy) is 1. The van der Waals surface area contributed by atoms with Gasteiger partial charge in [-0.05, 0) is 43.4 Å². The maximum atomic E-state index is 13.2. The fraction of sp³-hybridized carbons (Fsp3) is 0.150. The van der Waals surface area contributed by atoms with Gasteiger partial charge in [0.2, 0.25) is 0 Å². The number of aromatic nitrogens is 2. The normalized spacial score (nSPS) is 15.2. The molecule has 0 atom stereocenters. The minimum Gasteiger partial charge on any atom is -0.486 e. The number of amides is 1. The number of thiocarbonyl (C=S) groups is 1. The van der Waals surface area contributed by atoms with Crippen molar-refractivity contribution < 1.29 is 18.3 Å². The van der Waals surface area contributed by atoms with Crippen LogP contribution in [0, 0.1) is 12.7 Å². The molecule has 0 radical (unpaired) electrons. The Morgan fingerprint density at radius 1 is 1.37 bits per heavy atom. The van der Waals surface area contributed by atoms with E-state index in [1.807, 2.05) is 0 Å². The fourth-order valence-electron chi connectivity index (χ4n) is 2.97. The van der Waals surface area contributed by atoms with Crippen LogP contribution in [0.25, 0.3) is 6.08 Å². The third-order valence-electron chi connectivity index (χ3n) is 4.35. The fourth-order valence-corrected chi connectivity index (χ4v) is 3.44. The Balaban J connectivity index is 1.47. The molecule has 1 fully saturated rings. The first-order valence-corrected chi connectivity index (χ1v) is 9.64. The first-order valence-electron chi connectivity index (χ1n) is 8.86. The third-order valence-corrected chi connectivity index (χ3v) is 4.92. The predicted octanol–water partition coefficient (Wildman–Crippen LogP) is 3.96. The summed E-state index contributed by atoms with van der Waals surface area (Å²) in [7, 11) is 1.77. The van der Waals surface area contributed by atoms with Gasteiger partial charge in [0.05, 0.1) is 16.4 Å². The zero-order chi connectivity index (χ0) is 21.4. The average Bonchev–Trinajstić information content (AvgIpc) is 3.35. The molecule has 1 aromatic carbocycles. The number of anilines is 1. The molecular weight excluding hydrogens is 431 g/mol. The number of nitrogens with zero attached hydrogens (tertiary/aromatic N) is 3. The number of carbonyl (C=O) groups excluding carboxylic acids is 1. The van der Waals surface area contributed by atoms with Crippen LogP contribution in [0.4, 0.5) is 10.1 Å². The maximum Gasteiger partial charge on any atom is 0.281 e. The monoisotopic (exact) mass is 446 g/mol. The van der Waals surface area contributed by atoms with Crippen LogP contribution in [0.2, 0.25) is 5.02 Å². The van der Waals surface area contributed by atoms with Crippen LogP contribution < -0.4 is 15.0 Å². The van der Waals surface area contributed by atoms with E-state index >= 15 is 0 Å². The molecule has 0 aliphatic carbocycles. The highest BCUT2D eigenvalue weighted by Gasteiger charge is 2.34. The lowest BCUT2D eigenvalue weighted by Gasteiger charge is -2.11. The van der Waals surface area contributed by atoms with E-state index in [-0.39, 0.29) is 28.3 Å². The molecule has 30 heavy (non-hydrogen) atoms. The zero-order valence-corrected chi connectivity index (χ0v) is 17.6. The van der Waals surface area contributed by atoms with Gasteiger partial charge in [-0.3, -0.25) is 9.48 Å². The largest absolute Gasteiger partial charge is 0.486 e. The molecule has 7 nitrogen and oxygen atoms in total. The molecule has 1 saturated heterocycles. The molecule has 1 aliphatic heterocycles. The summed E-state index contributed by atoms with van der Waals surface area (Å²) in [6.45, 7) is 1.92. The number of carbonyl (C=O) groups is 1. The minimum atomic E-state index is -0.516. The van der Waals surface area contributed by atoms with Gasteiger partial charge in [0, 0.05) is 25.4 Å². The van der Waals surface area contributed by atoms with Crippen molar-refractivity contribution in [2.24, 2.45) is 7.05 Å². The van der Waals surface area contributed by atoms with E-state index in [1.165, 1.54) is 23.1 Å².